The average Bonchev–Trinajstić information content (AvgIpc) is 3.26. The lowest BCUT2D eigenvalue weighted by Gasteiger charge is -2.57. The Morgan fingerprint density at radius 2 is 1.32 bits per heavy atom. The van der Waals surface area contributed by atoms with E-state index in [9.17, 15) is 0 Å². The van der Waals surface area contributed by atoms with E-state index in [1.807, 2.05) is 0 Å². The molecule has 4 aliphatic rings. The molecule has 1 heterocycles. The van der Waals surface area contributed by atoms with Gasteiger partial charge < -0.3 is 4.42 Å². The third kappa shape index (κ3) is 3.29. The first-order valence-electron chi connectivity index (χ1n) is 14.4. The zero-order valence-corrected chi connectivity index (χ0v) is 22.3. The highest BCUT2D eigenvalue weighted by Crippen LogP contribution is 2.60. The molecule has 0 saturated heterocycles. The second-order valence-electron chi connectivity index (χ2n) is 13.7. The van der Waals surface area contributed by atoms with E-state index in [-0.39, 0.29) is 5.41 Å². The summed E-state index contributed by atoms with van der Waals surface area (Å²) in [5.41, 5.74) is 7.98. The Morgan fingerprint density at radius 3 is 2.00 bits per heavy atom. The third-order valence-corrected chi connectivity index (χ3v) is 10.1. The summed E-state index contributed by atoms with van der Waals surface area (Å²) in [6.07, 6.45) is 8.77. The zero-order chi connectivity index (χ0) is 24.9. The quantitative estimate of drug-likeness (QED) is 0.243. The van der Waals surface area contributed by atoms with Gasteiger partial charge in [0.1, 0.15) is 11.2 Å². The van der Waals surface area contributed by atoms with Crippen LogP contribution in [0.5, 0.6) is 0 Å². The second kappa shape index (κ2) is 7.50. The highest BCUT2D eigenvalue weighted by Gasteiger charge is 2.51. The molecule has 4 aliphatic carbocycles. The second-order valence-corrected chi connectivity index (χ2v) is 13.7. The van der Waals surface area contributed by atoms with E-state index in [0.29, 0.717) is 5.41 Å². The molecule has 0 atom stereocenters. The number of fused-ring (bicyclic) bond motifs is 5. The topological polar surface area (TPSA) is 13.1 Å². The van der Waals surface area contributed by atoms with Crippen LogP contribution in [0.1, 0.15) is 70.4 Å². The lowest BCUT2D eigenvalue weighted by Crippen LogP contribution is -2.48. The van der Waals surface area contributed by atoms with Crippen molar-refractivity contribution >= 4 is 32.7 Å². The average molecular weight is 485 g/mol. The Kier molecular flexibility index (Phi) is 4.45. The Hall–Kier alpha value is -3.06. The summed E-state index contributed by atoms with van der Waals surface area (Å²) in [4.78, 5) is 0. The highest BCUT2D eigenvalue weighted by molar-refractivity contribution is 6.16. The van der Waals surface area contributed by atoms with E-state index in [2.05, 4.69) is 93.6 Å². The molecule has 186 valence electrons. The summed E-state index contributed by atoms with van der Waals surface area (Å²) in [5, 5.41) is 4.86. The number of benzene rings is 4. The van der Waals surface area contributed by atoms with Gasteiger partial charge in [0, 0.05) is 21.7 Å². The van der Waals surface area contributed by atoms with Crippen molar-refractivity contribution in [2.24, 2.45) is 17.8 Å². The maximum atomic E-state index is 6.67. The van der Waals surface area contributed by atoms with Gasteiger partial charge in [-0.2, -0.15) is 0 Å². The molecule has 0 radical (unpaired) electrons. The smallest absolute Gasteiger partial charge is 0.143 e. The molecule has 1 heteroatoms. The Bertz CT molecular complexity index is 1640. The summed E-state index contributed by atoms with van der Waals surface area (Å²) < 4.78 is 6.67. The molecule has 9 rings (SSSR count). The first-order valence-corrected chi connectivity index (χ1v) is 14.4. The molecule has 0 aliphatic heterocycles. The number of hydrogen-bond acceptors (Lipinski definition) is 1. The van der Waals surface area contributed by atoms with E-state index in [1.165, 1.54) is 76.8 Å². The van der Waals surface area contributed by atoms with Crippen LogP contribution in [0, 0.1) is 17.8 Å². The van der Waals surface area contributed by atoms with Crippen LogP contribution in [0.4, 0.5) is 0 Å². The van der Waals surface area contributed by atoms with Gasteiger partial charge in [0.2, 0.25) is 0 Å². The van der Waals surface area contributed by atoms with Crippen LogP contribution in [0.25, 0.3) is 43.8 Å². The summed E-state index contributed by atoms with van der Waals surface area (Å²) >= 11 is 0. The van der Waals surface area contributed by atoms with E-state index < -0.39 is 0 Å². The first-order chi connectivity index (χ1) is 17.9. The maximum absolute atomic E-state index is 6.67. The predicted octanol–water partition coefficient (Wildman–Crippen LogP) is 10.2. The molecule has 1 aromatic heterocycles. The van der Waals surface area contributed by atoms with E-state index in [0.717, 1.165) is 28.9 Å². The molecular weight excluding hydrogens is 448 g/mol. The van der Waals surface area contributed by atoms with Crippen LogP contribution in [0.3, 0.4) is 0 Å². The molecule has 4 saturated carbocycles. The van der Waals surface area contributed by atoms with Gasteiger partial charge in [-0.3, -0.25) is 0 Å². The largest absolute Gasteiger partial charge is 0.455 e. The molecule has 37 heavy (non-hydrogen) atoms. The monoisotopic (exact) mass is 484 g/mol. The Balaban J connectivity index is 1.27. The fourth-order valence-corrected chi connectivity index (χ4v) is 8.81. The van der Waals surface area contributed by atoms with Gasteiger partial charge in [-0.1, -0.05) is 75.4 Å². The van der Waals surface area contributed by atoms with Gasteiger partial charge in [0.15, 0.2) is 0 Å². The Morgan fingerprint density at radius 1 is 0.649 bits per heavy atom. The van der Waals surface area contributed by atoms with Crippen LogP contribution in [0.15, 0.2) is 77.2 Å². The van der Waals surface area contributed by atoms with Crippen molar-refractivity contribution in [1.82, 2.24) is 0 Å². The highest BCUT2D eigenvalue weighted by atomic mass is 16.3. The summed E-state index contributed by atoms with van der Waals surface area (Å²) in [5.74, 6) is 2.94. The minimum atomic E-state index is -0.0168. The van der Waals surface area contributed by atoms with Crippen LogP contribution in [0.2, 0.25) is 0 Å². The molecule has 4 bridgehead atoms. The van der Waals surface area contributed by atoms with Crippen LogP contribution >= 0.6 is 0 Å². The van der Waals surface area contributed by atoms with Crippen molar-refractivity contribution in [3.8, 4) is 11.1 Å². The van der Waals surface area contributed by atoms with Crippen molar-refractivity contribution < 1.29 is 4.42 Å². The summed E-state index contributed by atoms with van der Waals surface area (Å²) in [6.45, 7) is 6.90. The van der Waals surface area contributed by atoms with Crippen molar-refractivity contribution in [3.63, 3.8) is 0 Å². The van der Waals surface area contributed by atoms with Crippen molar-refractivity contribution in [1.29, 1.82) is 0 Å². The molecular formula is C36H36O. The molecule has 1 nitrogen and oxygen atoms in total. The van der Waals surface area contributed by atoms with E-state index >= 15 is 0 Å². The fraction of sp³-hybridized carbons (Fsp3) is 0.389. The van der Waals surface area contributed by atoms with Gasteiger partial charge in [0.25, 0.3) is 0 Å². The van der Waals surface area contributed by atoms with Gasteiger partial charge in [-0.15, -0.1) is 0 Å². The Labute approximate surface area is 219 Å². The summed E-state index contributed by atoms with van der Waals surface area (Å²) in [6, 6.07) is 27.5. The van der Waals surface area contributed by atoms with Crippen molar-refractivity contribution in [3.05, 3.63) is 83.9 Å². The molecule has 4 aromatic carbocycles. The SMILES string of the molecule is CC(C)(C)c1cc(-c2ccc(C34CC5CC(CC(C5)C3)C4)cc2)cc2c1oc1c3ccccc3ccc21. The maximum Gasteiger partial charge on any atom is 0.143 e. The van der Waals surface area contributed by atoms with E-state index in [4.69, 9.17) is 4.42 Å². The minimum absolute atomic E-state index is 0.0168. The molecule has 0 spiro atoms. The predicted molar refractivity (Wildman–Crippen MR) is 155 cm³/mol. The summed E-state index contributed by atoms with van der Waals surface area (Å²) in [7, 11) is 0. The van der Waals surface area contributed by atoms with Gasteiger partial charge in [0.05, 0.1) is 0 Å². The lowest BCUT2D eigenvalue weighted by molar-refractivity contribution is -0.00518. The molecule has 4 fully saturated rings. The zero-order valence-electron chi connectivity index (χ0n) is 22.3. The molecule has 5 aromatic rings. The van der Waals surface area contributed by atoms with Gasteiger partial charge in [-0.05, 0) is 107 Å². The number of rotatable bonds is 2. The van der Waals surface area contributed by atoms with Crippen molar-refractivity contribution in [2.45, 2.75) is 70.1 Å². The van der Waals surface area contributed by atoms with Crippen LogP contribution < -0.4 is 0 Å². The van der Waals surface area contributed by atoms with Gasteiger partial charge in [-0.25, -0.2) is 0 Å². The van der Waals surface area contributed by atoms with E-state index in [1.54, 1.807) is 5.56 Å². The molecule has 0 amide bonds. The van der Waals surface area contributed by atoms with Gasteiger partial charge >= 0.3 is 0 Å². The normalized spacial score (nSPS) is 27.1. The number of furan rings is 1. The third-order valence-electron chi connectivity index (χ3n) is 10.1. The minimum Gasteiger partial charge on any atom is -0.455 e. The number of hydrogen-bond donors (Lipinski definition) is 0. The lowest BCUT2D eigenvalue weighted by atomic mass is 9.48. The van der Waals surface area contributed by atoms with Crippen molar-refractivity contribution in [2.75, 3.05) is 0 Å². The van der Waals surface area contributed by atoms with Crippen LogP contribution in [-0.4, -0.2) is 0 Å². The van der Waals surface area contributed by atoms with Crippen LogP contribution in [-0.2, 0) is 10.8 Å². The fourth-order valence-electron chi connectivity index (χ4n) is 8.81. The standard InChI is InChI=1S/C36H36O/c1-35(2,3)32-18-27(17-31-30-13-10-26-6-4-5-7-29(26)33(30)37-34(31)32)25-8-11-28(12-9-25)36-19-22-14-23(20-36)16-24(15-22)21-36/h4-13,17-18,22-24H,14-16,19-21H2,1-3H3. The molecule has 0 unspecified atom stereocenters. The first kappa shape index (κ1) is 22.0. The molecule has 0 N–H and O–H groups in total.